The van der Waals surface area contributed by atoms with Crippen molar-refractivity contribution in [1.82, 2.24) is 5.32 Å². The molecule has 0 aromatic heterocycles. The molecule has 1 aromatic carbocycles. The van der Waals surface area contributed by atoms with Crippen molar-refractivity contribution < 1.29 is 4.79 Å². The molecular formula is C10H14BrN3O. The third-order valence-electron chi connectivity index (χ3n) is 1.79. The van der Waals surface area contributed by atoms with Crippen molar-refractivity contribution in [1.29, 1.82) is 0 Å². The Bertz CT molecular complexity index is 355. The van der Waals surface area contributed by atoms with Crippen LogP contribution < -0.4 is 16.4 Å². The van der Waals surface area contributed by atoms with Gasteiger partial charge in [0.1, 0.15) is 0 Å². The molecule has 0 aliphatic carbocycles. The molecule has 82 valence electrons. The van der Waals surface area contributed by atoms with Gasteiger partial charge in [-0.2, -0.15) is 0 Å². The van der Waals surface area contributed by atoms with Crippen LogP contribution in [0.15, 0.2) is 22.7 Å². The first-order valence-electron chi connectivity index (χ1n) is 4.73. The molecule has 4 N–H and O–H groups in total. The second-order valence-corrected chi connectivity index (χ2v) is 3.97. The highest BCUT2D eigenvalue weighted by Crippen LogP contribution is 2.22. The summed E-state index contributed by atoms with van der Waals surface area (Å²) in [7, 11) is 0. The van der Waals surface area contributed by atoms with Crippen molar-refractivity contribution in [3.8, 4) is 0 Å². The maximum atomic E-state index is 11.3. The largest absolute Gasteiger partial charge is 0.398 e. The molecule has 0 radical (unpaired) electrons. The lowest BCUT2D eigenvalue weighted by molar-refractivity contribution is 0.252. The molecule has 15 heavy (non-hydrogen) atoms. The number of nitrogen functional groups attached to an aromatic ring is 1. The van der Waals surface area contributed by atoms with Gasteiger partial charge in [-0.3, -0.25) is 0 Å². The minimum atomic E-state index is -0.210. The molecule has 4 nitrogen and oxygen atoms in total. The lowest BCUT2D eigenvalue weighted by Gasteiger charge is -2.07. The molecule has 0 aliphatic rings. The Kier molecular flexibility index (Phi) is 4.42. The first-order chi connectivity index (χ1) is 7.13. The van der Waals surface area contributed by atoms with Gasteiger partial charge in [-0.05, 0) is 40.5 Å². The van der Waals surface area contributed by atoms with Gasteiger partial charge in [0.2, 0.25) is 0 Å². The van der Waals surface area contributed by atoms with Crippen LogP contribution in [0.5, 0.6) is 0 Å². The summed E-state index contributed by atoms with van der Waals surface area (Å²) in [4.78, 5) is 11.3. The minimum absolute atomic E-state index is 0.210. The first-order valence-corrected chi connectivity index (χ1v) is 5.52. The van der Waals surface area contributed by atoms with E-state index in [1.165, 1.54) is 0 Å². The molecule has 5 heteroatoms. The number of halogens is 1. The predicted molar refractivity (Wildman–Crippen MR) is 65.9 cm³/mol. The van der Waals surface area contributed by atoms with Crippen LogP contribution in [-0.2, 0) is 0 Å². The van der Waals surface area contributed by atoms with E-state index < -0.39 is 0 Å². The van der Waals surface area contributed by atoms with Crippen LogP contribution in [0.25, 0.3) is 0 Å². The zero-order valence-electron chi connectivity index (χ0n) is 8.51. The van der Waals surface area contributed by atoms with Crippen LogP contribution >= 0.6 is 15.9 Å². The number of hydrogen-bond donors (Lipinski definition) is 3. The van der Waals surface area contributed by atoms with Crippen LogP contribution in [-0.4, -0.2) is 12.6 Å². The van der Waals surface area contributed by atoms with E-state index in [9.17, 15) is 4.79 Å². The first kappa shape index (κ1) is 11.8. The maximum absolute atomic E-state index is 11.3. The van der Waals surface area contributed by atoms with Crippen molar-refractivity contribution >= 4 is 33.3 Å². The molecule has 2 amide bonds. The maximum Gasteiger partial charge on any atom is 0.319 e. The number of anilines is 2. The molecule has 0 spiro atoms. The topological polar surface area (TPSA) is 67.2 Å². The highest BCUT2D eigenvalue weighted by atomic mass is 79.9. The Hall–Kier alpha value is -1.23. The van der Waals surface area contributed by atoms with Gasteiger partial charge >= 0.3 is 6.03 Å². The van der Waals surface area contributed by atoms with Gasteiger partial charge in [0, 0.05) is 22.4 Å². The van der Waals surface area contributed by atoms with E-state index >= 15 is 0 Å². The number of benzene rings is 1. The third kappa shape index (κ3) is 3.79. The number of rotatable bonds is 3. The zero-order valence-corrected chi connectivity index (χ0v) is 10.1. The van der Waals surface area contributed by atoms with E-state index in [4.69, 9.17) is 5.73 Å². The van der Waals surface area contributed by atoms with E-state index in [0.717, 1.165) is 10.9 Å². The molecule has 1 rings (SSSR count). The molecule has 0 unspecified atom stereocenters. The van der Waals surface area contributed by atoms with E-state index in [-0.39, 0.29) is 6.03 Å². The fourth-order valence-electron chi connectivity index (χ4n) is 1.04. The molecule has 1 aromatic rings. The van der Waals surface area contributed by atoms with Crippen LogP contribution in [0, 0.1) is 0 Å². The number of carbonyl (C=O) groups excluding carboxylic acids is 1. The predicted octanol–water partition coefficient (Wildman–Crippen LogP) is 2.56. The summed E-state index contributed by atoms with van der Waals surface area (Å²) < 4.78 is 0.821. The molecular weight excluding hydrogens is 258 g/mol. The summed E-state index contributed by atoms with van der Waals surface area (Å²) in [6, 6.07) is 5.07. The highest BCUT2D eigenvalue weighted by Gasteiger charge is 2.01. The second-order valence-electron chi connectivity index (χ2n) is 3.12. The normalized spacial score (nSPS) is 9.73. The van der Waals surface area contributed by atoms with Gasteiger partial charge in [-0.25, -0.2) is 4.79 Å². The lowest BCUT2D eigenvalue weighted by atomic mass is 10.3. The van der Waals surface area contributed by atoms with Gasteiger partial charge in [0.15, 0.2) is 0 Å². The number of amides is 2. The van der Waals surface area contributed by atoms with Crippen LogP contribution in [0.1, 0.15) is 13.3 Å². The lowest BCUT2D eigenvalue weighted by Crippen LogP contribution is -2.29. The van der Waals surface area contributed by atoms with E-state index in [0.29, 0.717) is 17.9 Å². The average molecular weight is 272 g/mol. The summed E-state index contributed by atoms with van der Waals surface area (Å²) in [5.74, 6) is 0. The Morgan fingerprint density at radius 2 is 2.27 bits per heavy atom. The van der Waals surface area contributed by atoms with Crippen molar-refractivity contribution in [2.24, 2.45) is 0 Å². The summed E-state index contributed by atoms with van der Waals surface area (Å²) >= 11 is 3.28. The second kappa shape index (κ2) is 5.60. The van der Waals surface area contributed by atoms with Crippen LogP contribution in [0.4, 0.5) is 16.2 Å². The van der Waals surface area contributed by atoms with Crippen LogP contribution in [0.3, 0.4) is 0 Å². The van der Waals surface area contributed by atoms with Gasteiger partial charge in [0.05, 0.1) is 0 Å². The Morgan fingerprint density at radius 1 is 1.53 bits per heavy atom. The Labute approximate surface area is 97.4 Å². The van der Waals surface area contributed by atoms with E-state index in [2.05, 4.69) is 26.6 Å². The van der Waals surface area contributed by atoms with Gasteiger partial charge in [-0.15, -0.1) is 0 Å². The molecule has 0 saturated heterocycles. The number of hydrogen-bond acceptors (Lipinski definition) is 2. The van der Waals surface area contributed by atoms with Crippen molar-refractivity contribution in [3.05, 3.63) is 22.7 Å². The monoisotopic (exact) mass is 271 g/mol. The number of nitrogens with one attached hydrogen (secondary N) is 2. The van der Waals surface area contributed by atoms with Crippen LogP contribution in [0.2, 0.25) is 0 Å². The standard InChI is InChI=1S/C10H14BrN3O/c1-2-5-13-10(15)14-7-3-4-8(11)9(12)6-7/h3-4,6H,2,5,12H2,1H3,(H2,13,14,15). The van der Waals surface area contributed by atoms with Crippen molar-refractivity contribution in [2.45, 2.75) is 13.3 Å². The number of carbonyl (C=O) groups is 1. The Morgan fingerprint density at radius 3 is 2.87 bits per heavy atom. The van der Waals surface area contributed by atoms with E-state index in [1.54, 1.807) is 18.2 Å². The molecule has 0 heterocycles. The summed E-state index contributed by atoms with van der Waals surface area (Å²) in [6.45, 7) is 2.66. The SMILES string of the molecule is CCCNC(=O)Nc1ccc(Br)c(N)c1. The summed E-state index contributed by atoms with van der Waals surface area (Å²) in [5.41, 5.74) is 6.96. The minimum Gasteiger partial charge on any atom is -0.398 e. The molecule has 0 atom stereocenters. The molecule has 0 saturated carbocycles. The Balaban J connectivity index is 2.57. The average Bonchev–Trinajstić information content (AvgIpc) is 2.20. The zero-order chi connectivity index (χ0) is 11.3. The molecule has 0 bridgehead atoms. The molecule has 0 aliphatic heterocycles. The van der Waals surface area contributed by atoms with Crippen molar-refractivity contribution in [3.63, 3.8) is 0 Å². The van der Waals surface area contributed by atoms with E-state index in [1.807, 2.05) is 6.92 Å². The summed E-state index contributed by atoms with van der Waals surface area (Å²) in [5, 5.41) is 5.41. The third-order valence-corrected chi connectivity index (χ3v) is 2.51. The number of nitrogens with two attached hydrogens (primary N) is 1. The quantitative estimate of drug-likeness (QED) is 0.740. The fraction of sp³-hybridized carbons (Fsp3) is 0.300. The van der Waals surface area contributed by atoms with Crippen molar-refractivity contribution in [2.75, 3.05) is 17.6 Å². The van der Waals surface area contributed by atoms with Gasteiger partial charge < -0.3 is 16.4 Å². The smallest absolute Gasteiger partial charge is 0.319 e. The van der Waals surface area contributed by atoms with Gasteiger partial charge in [-0.1, -0.05) is 6.92 Å². The fourth-order valence-corrected chi connectivity index (χ4v) is 1.28. The number of urea groups is 1. The summed E-state index contributed by atoms with van der Waals surface area (Å²) in [6.07, 6.45) is 0.913. The highest BCUT2D eigenvalue weighted by molar-refractivity contribution is 9.10. The molecule has 0 fully saturated rings. The van der Waals surface area contributed by atoms with Gasteiger partial charge in [0.25, 0.3) is 0 Å².